The van der Waals surface area contributed by atoms with Gasteiger partial charge in [0.05, 0.1) is 4.92 Å². The molecule has 0 saturated heterocycles. The molecule has 0 aliphatic heterocycles. The molecule has 0 saturated carbocycles. The van der Waals surface area contributed by atoms with Crippen LogP contribution in [0.2, 0.25) is 0 Å². The van der Waals surface area contributed by atoms with Gasteiger partial charge in [0.1, 0.15) is 5.69 Å². The quantitative estimate of drug-likeness (QED) is 0.634. The molecule has 2 rings (SSSR count). The lowest BCUT2D eigenvalue weighted by molar-refractivity contribution is -0.384. The molecule has 1 aromatic heterocycles. The van der Waals surface area contributed by atoms with Gasteiger partial charge in [0.15, 0.2) is 5.82 Å². The molecular formula is C11H10N4O3. The Morgan fingerprint density at radius 3 is 2.72 bits per heavy atom. The van der Waals surface area contributed by atoms with Crippen LogP contribution in [0.1, 0.15) is 5.56 Å². The summed E-state index contributed by atoms with van der Waals surface area (Å²) >= 11 is 0. The van der Waals surface area contributed by atoms with E-state index in [4.69, 9.17) is 0 Å². The molecule has 0 amide bonds. The molecule has 0 aliphatic carbocycles. The molecule has 2 aromatic rings. The van der Waals surface area contributed by atoms with Crippen molar-refractivity contribution in [3.8, 4) is 0 Å². The van der Waals surface area contributed by atoms with Crippen molar-refractivity contribution >= 4 is 17.2 Å². The third-order valence-electron chi connectivity index (χ3n) is 2.29. The molecule has 7 heteroatoms. The number of anilines is 2. The Balaban J connectivity index is 2.36. The third-order valence-corrected chi connectivity index (χ3v) is 2.29. The minimum absolute atomic E-state index is 0.0389. The number of nitro groups is 1. The first kappa shape index (κ1) is 11.8. The van der Waals surface area contributed by atoms with Crippen molar-refractivity contribution in [3.05, 3.63) is 56.4 Å². The summed E-state index contributed by atoms with van der Waals surface area (Å²) < 4.78 is 0. The van der Waals surface area contributed by atoms with Gasteiger partial charge in [-0.25, -0.2) is 5.10 Å². The van der Waals surface area contributed by atoms with E-state index in [1.165, 1.54) is 18.2 Å². The van der Waals surface area contributed by atoms with Crippen LogP contribution >= 0.6 is 0 Å². The van der Waals surface area contributed by atoms with Gasteiger partial charge in [0, 0.05) is 12.1 Å². The van der Waals surface area contributed by atoms with E-state index in [2.05, 4.69) is 15.5 Å². The summed E-state index contributed by atoms with van der Waals surface area (Å²) in [5, 5.41) is 19.7. The Morgan fingerprint density at radius 2 is 2.11 bits per heavy atom. The zero-order chi connectivity index (χ0) is 13.1. The van der Waals surface area contributed by atoms with Gasteiger partial charge >= 0.3 is 0 Å². The van der Waals surface area contributed by atoms with Crippen LogP contribution in [-0.4, -0.2) is 15.1 Å². The highest BCUT2D eigenvalue weighted by molar-refractivity contribution is 5.68. The molecule has 92 valence electrons. The number of nitrogens with zero attached hydrogens (tertiary/aromatic N) is 2. The fraction of sp³-hybridized carbons (Fsp3) is 0.0909. The van der Waals surface area contributed by atoms with E-state index in [-0.39, 0.29) is 11.2 Å². The van der Waals surface area contributed by atoms with Crippen LogP contribution < -0.4 is 10.9 Å². The van der Waals surface area contributed by atoms with Gasteiger partial charge in [-0.1, -0.05) is 6.07 Å². The monoisotopic (exact) mass is 246 g/mol. The smallest absolute Gasteiger partial charge is 0.292 e. The second-order valence-corrected chi connectivity index (χ2v) is 3.71. The fourth-order valence-electron chi connectivity index (χ4n) is 1.45. The summed E-state index contributed by atoms with van der Waals surface area (Å²) in [6.07, 6.45) is 0. The maximum Gasteiger partial charge on any atom is 0.292 e. The fourth-order valence-corrected chi connectivity index (χ4v) is 1.45. The van der Waals surface area contributed by atoms with Gasteiger partial charge in [0.25, 0.3) is 11.2 Å². The van der Waals surface area contributed by atoms with Crippen LogP contribution in [0, 0.1) is 17.0 Å². The summed E-state index contributed by atoms with van der Waals surface area (Å²) in [5.74, 6) is 0.335. The number of aryl methyl sites for hydroxylation is 1. The zero-order valence-electron chi connectivity index (χ0n) is 9.51. The zero-order valence-corrected chi connectivity index (χ0v) is 9.51. The number of aromatic amines is 1. The first-order valence-electron chi connectivity index (χ1n) is 5.14. The first-order chi connectivity index (χ1) is 8.56. The summed E-state index contributed by atoms with van der Waals surface area (Å²) in [4.78, 5) is 21.3. The molecule has 1 heterocycles. The number of hydrogen-bond acceptors (Lipinski definition) is 5. The van der Waals surface area contributed by atoms with Gasteiger partial charge in [-0.15, -0.1) is 0 Å². The molecule has 0 unspecified atom stereocenters. The van der Waals surface area contributed by atoms with Crippen LogP contribution in [-0.2, 0) is 0 Å². The predicted molar refractivity (Wildman–Crippen MR) is 66.0 cm³/mol. The van der Waals surface area contributed by atoms with Crippen molar-refractivity contribution in [1.29, 1.82) is 0 Å². The molecule has 0 fully saturated rings. The Bertz CT molecular complexity index is 630. The molecule has 1 aromatic carbocycles. The third kappa shape index (κ3) is 2.51. The lowest BCUT2D eigenvalue weighted by atomic mass is 10.2. The number of aromatic nitrogens is 2. The highest BCUT2D eigenvalue weighted by Gasteiger charge is 2.14. The number of nitrogens with one attached hydrogen (secondary N) is 2. The van der Waals surface area contributed by atoms with E-state index >= 15 is 0 Å². The highest BCUT2D eigenvalue weighted by atomic mass is 16.6. The summed E-state index contributed by atoms with van der Waals surface area (Å²) in [6, 6.07) is 7.55. The summed E-state index contributed by atoms with van der Waals surface area (Å²) in [6.45, 7) is 1.77. The highest BCUT2D eigenvalue weighted by Crippen LogP contribution is 2.27. The summed E-state index contributed by atoms with van der Waals surface area (Å²) in [7, 11) is 0. The van der Waals surface area contributed by atoms with Crippen LogP contribution in [0.25, 0.3) is 0 Å². The van der Waals surface area contributed by atoms with Crippen LogP contribution in [0.4, 0.5) is 17.2 Å². The molecule has 0 spiro atoms. The van der Waals surface area contributed by atoms with Gasteiger partial charge < -0.3 is 5.32 Å². The van der Waals surface area contributed by atoms with E-state index in [9.17, 15) is 14.9 Å². The second kappa shape index (κ2) is 4.66. The molecular weight excluding hydrogens is 236 g/mol. The van der Waals surface area contributed by atoms with Crippen molar-refractivity contribution in [3.63, 3.8) is 0 Å². The maximum atomic E-state index is 10.9. The first-order valence-corrected chi connectivity index (χ1v) is 5.14. The Labute approximate surface area is 102 Å². The van der Waals surface area contributed by atoms with Gasteiger partial charge in [-0.3, -0.25) is 14.9 Å². The lowest BCUT2D eigenvalue weighted by Crippen LogP contribution is -2.07. The van der Waals surface area contributed by atoms with Crippen LogP contribution in [0.3, 0.4) is 0 Å². The van der Waals surface area contributed by atoms with Crippen molar-refractivity contribution in [2.75, 3.05) is 5.32 Å². The van der Waals surface area contributed by atoms with E-state index in [0.29, 0.717) is 11.5 Å². The van der Waals surface area contributed by atoms with Gasteiger partial charge in [0.2, 0.25) is 0 Å². The standard InChI is InChI=1S/C11H10N4O3/c1-7-2-3-8(9(6-7)15(17)18)12-10-4-5-11(16)14-13-10/h2-6H,1H3,(H,12,13)(H,14,16). The molecule has 0 atom stereocenters. The van der Waals surface area contributed by atoms with Crippen molar-refractivity contribution in [2.24, 2.45) is 0 Å². The van der Waals surface area contributed by atoms with E-state index in [1.807, 2.05) is 0 Å². The number of benzene rings is 1. The van der Waals surface area contributed by atoms with E-state index < -0.39 is 4.92 Å². The lowest BCUT2D eigenvalue weighted by Gasteiger charge is -2.06. The molecule has 2 N–H and O–H groups in total. The van der Waals surface area contributed by atoms with Gasteiger partial charge in [-0.05, 0) is 24.6 Å². The Kier molecular flexibility index (Phi) is 3.05. The van der Waals surface area contributed by atoms with Crippen LogP contribution in [0.15, 0.2) is 35.1 Å². The second-order valence-electron chi connectivity index (χ2n) is 3.71. The Hall–Kier alpha value is -2.70. The SMILES string of the molecule is Cc1ccc(Nc2ccc(=O)[nH]n2)c([N+](=O)[O-])c1. The molecule has 18 heavy (non-hydrogen) atoms. The average molecular weight is 246 g/mol. The number of nitro benzene ring substituents is 1. The predicted octanol–water partition coefficient (Wildman–Crippen LogP) is 1.73. The topological polar surface area (TPSA) is 101 Å². The largest absolute Gasteiger partial charge is 0.333 e. The van der Waals surface area contributed by atoms with Crippen molar-refractivity contribution in [2.45, 2.75) is 6.92 Å². The molecule has 0 bridgehead atoms. The summed E-state index contributed by atoms with van der Waals surface area (Å²) in [5.41, 5.74) is 0.744. The molecule has 0 aliphatic rings. The molecule has 0 radical (unpaired) electrons. The van der Waals surface area contributed by atoms with E-state index in [1.54, 1.807) is 19.1 Å². The number of hydrogen-bond donors (Lipinski definition) is 2. The van der Waals surface area contributed by atoms with Crippen LogP contribution in [0.5, 0.6) is 0 Å². The minimum atomic E-state index is -0.471. The molecule has 7 nitrogen and oxygen atoms in total. The number of H-pyrrole nitrogens is 1. The normalized spacial score (nSPS) is 10.1. The van der Waals surface area contributed by atoms with Gasteiger partial charge in [-0.2, -0.15) is 5.10 Å². The maximum absolute atomic E-state index is 10.9. The minimum Gasteiger partial charge on any atom is -0.333 e. The Morgan fingerprint density at radius 1 is 1.33 bits per heavy atom. The average Bonchev–Trinajstić information content (AvgIpc) is 2.34. The van der Waals surface area contributed by atoms with E-state index in [0.717, 1.165) is 5.56 Å². The van der Waals surface area contributed by atoms with Crippen molar-refractivity contribution in [1.82, 2.24) is 10.2 Å². The van der Waals surface area contributed by atoms with Crippen molar-refractivity contribution < 1.29 is 4.92 Å². The number of rotatable bonds is 3.